The lowest BCUT2D eigenvalue weighted by atomic mass is 9.32. The molecule has 5 rings (SSSR count). The molecule has 0 amide bonds. The van der Waals surface area contributed by atoms with Gasteiger partial charge in [-0.25, -0.2) is 0 Å². The van der Waals surface area contributed by atoms with Gasteiger partial charge < -0.3 is 9.47 Å². The second-order valence-electron chi connectivity index (χ2n) is 14.9. The summed E-state index contributed by atoms with van der Waals surface area (Å²) in [6.07, 6.45) is 12.3. The van der Waals surface area contributed by atoms with E-state index in [2.05, 4.69) is 48.1 Å². The zero-order valence-electron chi connectivity index (χ0n) is 24.0. The van der Waals surface area contributed by atoms with Gasteiger partial charge in [0, 0.05) is 7.11 Å². The van der Waals surface area contributed by atoms with Crippen molar-refractivity contribution in [3.05, 3.63) is 12.2 Å². The average molecular weight is 485 g/mol. The van der Waals surface area contributed by atoms with E-state index in [-0.39, 0.29) is 22.2 Å². The monoisotopic (exact) mass is 484 g/mol. The standard InChI is InChI=1S/C32H52O3/c1-20(2)21-12-17-32(27(33)35-9)19-18-30(6)22(26(21)32)10-11-24-29(5)15-14-25(34-8)28(3,4)23(29)13-16-31(24,30)7/h21-26H,1,10-19H2,2-9H3/t21-,22?,23?,24?,25?,26?,29-,30+,31+,32?/m0/s1. The number of methoxy groups -OCH3 is 2. The van der Waals surface area contributed by atoms with Gasteiger partial charge in [-0.15, -0.1) is 0 Å². The third-order valence-electron chi connectivity index (χ3n) is 13.9. The van der Waals surface area contributed by atoms with Crippen molar-refractivity contribution in [2.24, 2.45) is 56.7 Å². The number of carbonyl (C=O) groups excluding carboxylic acids is 1. The van der Waals surface area contributed by atoms with Gasteiger partial charge in [0.2, 0.25) is 0 Å². The molecule has 0 N–H and O–H groups in total. The summed E-state index contributed by atoms with van der Waals surface area (Å²) in [6, 6.07) is 0. The van der Waals surface area contributed by atoms with Crippen LogP contribution in [-0.4, -0.2) is 26.3 Å². The quantitative estimate of drug-likeness (QED) is 0.302. The fraction of sp³-hybridized carbons (Fsp3) is 0.906. The summed E-state index contributed by atoms with van der Waals surface area (Å²) in [6.45, 7) is 19.6. The molecule has 0 saturated heterocycles. The predicted molar refractivity (Wildman–Crippen MR) is 142 cm³/mol. The van der Waals surface area contributed by atoms with Crippen molar-refractivity contribution in [1.82, 2.24) is 0 Å². The molecule has 0 aliphatic heterocycles. The van der Waals surface area contributed by atoms with Crippen LogP contribution < -0.4 is 0 Å². The smallest absolute Gasteiger partial charge is 0.312 e. The first kappa shape index (κ1) is 25.8. The predicted octanol–water partition coefficient (Wildman–Crippen LogP) is 7.83. The molecule has 0 aromatic carbocycles. The highest BCUT2D eigenvalue weighted by atomic mass is 16.5. The van der Waals surface area contributed by atoms with E-state index >= 15 is 0 Å². The lowest BCUT2D eigenvalue weighted by Gasteiger charge is -2.72. The number of rotatable bonds is 3. The van der Waals surface area contributed by atoms with Crippen LogP contribution in [-0.2, 0) is 14.3 Å². The molecule has 5 saturated carbocycles. The Morgan fingerprint density at radius 2 is 1.51 bits per heavy atom. The molecule has 5 aliphatic rings. The Balaban J connectivity index is 1.55. The second-order valence-corrected chi connectivity index (χ2v) is 14.9. The molecule has 10 atom stereocenters. The molecule has 0 spiro atoms. The minimum absolute atomic E-state index is 0.0656. The maximum atomic E-state index is 13.4. The summed E-state index contributed by atoms with van der Waals surface area (Å²) in [5.74, 6) is 2.99. The number of fused-ring (bicyclic) bond motifs is 7. The Morgan fingerprint density at radius 3 is 2.14 bits per heavy atom. The van der Waals surface area contributed by atoms with Crippen molar-refractivity contribution in [2.75, 3.05) is 14.2 Å². The molecule has 5 fully saturated rings. The maximum absolute atomic E-state index is 13.4. The zero-order valence-corrected chi connectivity index (χ0v) is 24.0. The van der Waals surface area contributed by atoms with Crippen LogP contribution in [0.1, 0.15) is 106 Å². The van der Waals surface area contributed by atoms with Crippen LogP contribution in [0.2, 0.25) is 0 Å². The van der Waals surface area contributed by atoms with E-state index in [4.69, 9.17) is 9.47 Å². The summed E-state index contributed by atoms with van der Waals surface area (Å²) in [5, 5.41) is 0. The molecule has 198 valence electrons. The van der Waals surface area contributed by atoms with Crippen LogP contribution in [0.4, 0.5) is 0 Å². The Labute approximate surface area is 215 Å². The molecule has 35 heavy (non-hydrogen) atoms. The van der Waals surface area contributed by atoms with E-state index in [1.807, 2.05) is 7.11 Å². The molecule has 0 aromatic heterocycles. The van der Waals surface area contributed by atoms with Crippen LogP contribution in [0.15, 0.2) is 12.2 Å². The Kier molecular flexibility index (Phi) is 5.96. The van der Waals surface area contributed by atoms with Gasteiger partial charge in [0.1, 0.15) is 0 Å². The molecular formula is C32H52O3. The minimum atomic E-state index is -0.286. The third-order valence-corrected chi connectivity index (χ3v) is 13.9. The highest BCUT2D eigenvalue weighted by Crippen LogP contribution is 2.77. The van der Waals surface area contributed by atoms with Gasteiger partial charge in [-0.2, -0.15) is 0 Å². The molecule has 0 aromatic rings. The fourth-order valence-electron chi connectivity index (χ4n) is 12.1. The number of carbonyl (C=O) groups is 1. The van der Waals surface area contributed by atoms with Gasteiger partial charge in [-0.3, -0.25) is 4.79 Å². The Bertz CT molecular complexity index is 891. The van der Waals surface area contributed by atoms with Gasteiger partial charge in [0.15, 0.2) is 0 Å². The Hall–Kier alpha value is -0.830. The van der Waals surface area contributed by atoms with E-state index < -0.39 is 0 Å². The highest BCUT2D eigenvalue weighted by Gasteiger charge is 2.72. The Morgan fingerprint density at radius 1 is 0.800 bits per heavy atom. The van der Waals surface area contributed by atoms with Crippen molar-refractivity contribution >= 4 is 5.97 Å². The van der Waals surface area contributed by atoms with E-state index in [1.165, 1.54) is 50.5 Å². The first-order chi connectivity index (χ1) is 16.3. The number of hydrogen-bond donors (Lipinski definition) is 0. The van der Waals surface area contributed by atoms with Crippen LogP contribution in [0.3, 0.4) is 0 Å². The number of hydrogen-bond acceptors (Lipinski definition) is 3. The second kappa shape index (κ2) is 8.08. The largest absolute Gasteiger partial charge is 0.469 e. The van der Waals surface area contributed by atoms with E-state index in [0.717, 1.165) is 31.1 Å². The number of esters is 1. The van der Waals surface area contributed by atoms with Crippen LogP contribution in [0, 0.1) is 56.7 Å². The summed E-state index contributed by atoms with van der Waals surface area (Å²) < 4.78 is 11.6. The van der Waals surface area contributed by atoms with Gasteiger partial charge in [0.25, 0.3) is 0 Å². The van der Waals surface area contributed by atoms with Crippen molar-refractivity contribution in [1.29, 1.82) is 0 Å². The molecule has 3 nitrogen and oxygen atoms in total. The van der Waals surface area contributed by atoms with E-state index in [0.29, 0.717) is 34.7 Å². The molecule has 5 aliphatic carbocycles. The number of ether oxygens (including phenoxy) is 2. The first-order valence-electron chi connectivity index (χ1n) is 14.6. The number of allylic oxidation sites excluding steroid dienone is 1. The molecule has 6 unspecified atom stereocenters. The van der Waals surface area contributed by atoms with E-state index in [1.54, 1.807) is 7.11 Å². The maximum Gasteiger partial charge on any atom is 0.312 e. The van der Waals surface area contributed by atoms with Crippen molar-refractivity contribution in [3.8, 4) is 0 Å². The van der Waals surface area contributed by atoms with E-state index in [9.17, 15) is 4.79 Å². The van der Waals surface area contributed by atoms with Crippen LogP contribution in [0.25, 0.3) is 0 Å². The summed E-state index contributed by atoms with van der Waals surface area (Å²) in [5.41, 5.74) is 2.19. The highest BCUT2D eigenvalue weighted by molar-refractivity contribution is 5.78. The van der Waals surface area contributed by atoms with Crippen molar-refractivity contribution < 1.29 is 14.3 Å². The molecule has 0 bridgehead atoms. The van der Waals surface area contributed by atoms with Gasteiger partial charge >= 0.3 is 5.97 Å². The summed E-state index contributed by atoms with van der Waals surface area (Å²) in [7, 11) is 3.53. The first-order valence-corrected chi connectivity index (χ1v) is 14.6. The lowest BCUT2D eigenvalue weighted by Crippen LogP contribution is -2.67. The van der Waals surface area contributed by atoms with Crippen molar-refractivity contribution in [3.63, 3.8) is 0 Å². The van der Waals surface area contributed by atoms with Gasteiger partial charge in [-0.05, 0) is 122 Å². The topological polar surface area (TPSA) is 35.5 Å². The third kappa shape index (κ3) is 3.09. The molecule has 0 heterocycles. The summed E-state index contributed by atoms with van der Waals surface area (Å²) >= 11 is 0. The van der Waals surface area contributed by atoms with Crippen molar-refractivity contribution in [2.45, 2.75) is 112 Å². The minimum Gasteiger partial charge on any atom is -0.469 e. The van der Waals surface area contributed by atoms with Gasteiger partial charge in [-0.1, -0.05) is 46.8 Å². The fourth-order valence-corrected chi connectivity index (χ4v) is 12.1. The molecular weight excluding hydrogens is 432 g/mol. The zero-order chi connectivity index (χ0) is 25.6. The average Bonchev–Trinajstić information content (AvgIpc) is 3.20. The normalized spacial score (nSPS) is 52.5. The van der Waals surface area contributed by atoms with Crippen LogP contribution in [0.5, 0.6) is 0 Å². The lowest BCUT2D eigenvalue weighted by molar-refractivity contribution is -0.250. The SMILES string of the molecule is C=C(C)[C@@H]1CCC2(C(=O)OC)CC[C@]3(C)C(CCC4[C@@]5(C)CCC(OC)C(C)(C)C5CC[C@]43C)C12. The van der Waals surface area contributed by atoms with Gasteiger partial charge in [0.05, 0.1) is 18.6 Å². The molecule has 0 radical (unpaired) electrons. The summed E-state index contributed by atoms with van der Waals surface area (Å²) in [4.78, 5) is 13.4. The van der Waals surface area contributed by atoms with Crippen LogP contribution >= 0.6 is 0 Å². The molecule has 3 heteroatoms.